The van der Waals surface area contributed by atoms with Gasteiger partial charge >= 0.3 is 0 Å². The summed E-state index contributed by atoms with van der Waals surface area (Å²) >= 11 is 0. The summed E-state index contributed by atoms with van der Waals surface area (Å²) in [5.74, 6) is 2.49. The molecule has 0 spiro atoms. The van der Waals surface area contributed by atoms with Crippen LogP contribution in [0.2, 0.25) is 0 Å². The highest BCUT2D eigenvalue weighted by Crippen LogP contribution is 2.32. The SMILES string of the molecule is NC(CS(=O)c1ccc2c(c1)OCCO2)C1CCCCC1. The molecule has 2 atom stereocenters. The quantitative estimate of drug-likeness (QED) is 0.928. The lowest BCUT2D eigenvalue weighted by Crippen LogP contribution is -2.36. The number of nitrogens with two attached hydrogens (primary N) is 1. The Labute approximate surface area is 128 Å². The molecule has 3 rings (SSSR count). The summed E-state index contributed by atoms with van der Waals surface area (Å²) < 4.78 is 23.5. The Bertz CT molecular complexity index is 514. The first-order valence-electron chi connectivity index (χ1n) is 7.77. The van der Waals surface area contributed by atoms with Gasteiger partial charge in [0.15, 0.2) is 11.5 Å². The molecular weight excluding hydrogens is 286 g/mol. The third-order valence-electron chi connectivity index (χ3n) is 4.38. The van der Waals surface area contributed by atoms with Crippen molar-refractivity contribution in [3.8, 4) is 11.5 Å². The monoisotopic (exact) mass is 309 g/mol. The summed E-state index contributed by atoms with van der Waals surface area (Å²) in [5.41, 5.74) is 6.28. The van der Waals surface area contributed by atoms with Crippen molar-refractivity contribution in [2.45, 2.75) is 43.0 Å². The first-order chi connectivity index (χ1) is 10.2. The van der Waals surface area contributed by atoms with E-state index >= 15 is 0 Å². The molecule has 1 saturated carbocycles. The fourth-order valence-corrected chi connectivity index (χ4v) is 4.41. The minimum absolute atomic E-state index is 0.0272. The van der Waals surface area contributed by atoms with Gasteiger partial charge in [-0.2, -0.15) is 0 Å². The van der Waals surface area contributed by atoms with Crippen LogP contribution < -0.4 is 15.2 Å². The molecule has 116 valence electrons. The highest BCUT2D eigenvalue weighted by molar-refractivity contribution is 7.85. The number of fused-ring (bicyclic) bond motifs is 1. The molecule has 1 aliphatic heterocycles. The molecule has 0 amide bonds. The van der Waals surface area contributed by atoms with Crippen LogP contribution in [-0.4, -0.2) is 29.2 Å². The molecule has 5 heteroatoms. The number of benzene rings is 1. The van der Waals surface area contributed by atoms with Gasteiger partial charge in [0.05, 0.1) is 10.8 Å². The normalized spacial score (nSPS) is 21.8. The summed E-state index contributed by atoms with van der Waals surface area (Å²) in [5, 5.41) is 0. The van der Waals surface area contributed by atoms with Crippen molar-refractivity contribution in [3.05, 3.63) is 18.2 Å². The van der Waals surface area contributed by atoms with Gasteiger partial charge < -0.3 is 15.2 Å². The maximum atomic E-state index is 12.5. The fraction of sp³-hybridized carbons (Fsp3) is 0.625. The van der Waals surface area contributed by atoms with Crippen LogP contribution in [0.15, 0.2) is 23.1 Å². The van der Waals surface area contributed by atoms with Crippen LogP contribution in [0.1, 0.15) is 32.1 Å². The molecule has 1 aromatic rings. The molecule has 1 heterocycles. The summed E-state index contributed by atoms with van der Waals surface area (Å²) in [6.07, 6.45) is 6.19. The maximum Gasteiger partial charge on any atom is 0.162 e. The molecule has 4 nitrogen and oxygen atoms in total. The van der Waals surface area contributed by atoms with Crippen LogP contribution in [0.25, 0.3) is 0 Å². The van der Waals surface area contributed by atoms with E-state index in [1.165, 1.54) is 32.1 Å². The van der Waals surface area contributed by atoms with E-state index in [9.17, 15) is 4.21 Å². The van der Waals surface area contributed by atoms with Gasteiger partial charge in [-0.05, 0) is 30.9 Å². The zero-order valence-electron chi connectivity index (χ0n) is 12.3. The number of ether oxygens (including phenoxy) is 2. The second-order valence-corrected chi connectivity index (χ2v) is 7.38. The van der Waals surface area contributed by atoms with E-state index in [2.05, 4.69) is 0 Å². The summed E-state index contributed by atoms with van der Waals surface area (Å²) in [6.45, 7) is 1.12. The van der Waals surface area contributed by atoms with E-state index < -0.39 is 10.8 Å². The van der Waals surface area contributed by atoms with Crippen molar-refractivity contribution in [2.75, 3.05) is 19.0 Å². The number of hydrogen-bond acceptors (Lipinski definition) is 4. The van der Waals surface area contributed by atoms with E-state index in [0.717, 1.165) is 10.6 Å². The van der Waals surface area contributed by atoms with Crippen molar-refractivity contribution in [2.24, 2.45) is 11.7 Å². The predicted molar refractivity (Wildman–Crippen MR) is 83.3 cm³/mol. The molecule has 2 N–H and O–H groups in total. The highest BCUT2D eigenvalue weighted by atomic mass is 32.2. The molecule has 1 aromatic carbocycles. The molecule has 21 heavy (non-hydrogen) atoms. The fourth-order valence-electron chi connectivity index (χ4n) is 3.13. The Balaban J connectivity index is 1.64. The third kappa shape index (κ3) is 3.58. The van der Waals surface area contributed by atoms with E-state index in [0.29, 0.717) is 30.6 Å². The Hall–Kier alpha value is -1.07. The van der Waals surface area contributed by atoms with E-state index in [-0.39, 0.29) is 6.04 Å². The Morgan fingerprint density at radius 1 is 1.14 bits per heavy atom. The van der Waals surface area contributed by atoms with Gasteiger partial charge in [0.2, 0.25) is 0 Å². The van der Waals surface area contributed by atoms with Crippen LogP contribution in [0, 0.1) is 5.92 Å². The molecule has 1 fully saturated rings. The maximum absolute atomic E-state index is 12.5. The van der Waals surface area contributed by atoms with Gasteiger partial charge in [-0.1, -0.05) is 19.3 Å². The van der Waals surface area contributed by atoms with Crippen LogP contribution in [-0.2, 0) is 10.8 Å². The van der Waals surface area contributed by atoms with Crippen LogP contribution in [0.5, 0.6) is 11.5 Å². The lowest BCUT2D eigenvalue weighted by molar-refractivity contribution is 0.171. The first kappa shape index (κ1) is 14.9. The van der Waals surface area contributed by atoms with Gasteiger partial charge in [0.1, 0.15) is 13.2 Å². The minimum Gasteiger partial charge on any atom is -0.486 e. The largest absolute Gasteiger partial charge is 0.486 e. The van der Waals surface area contributed by atoms with Crippen molar-refractivity contribution >= 4 is 10.8 Å². The third-order valence-corrected chi connectivity index (χ3v) is 5.84. The van der Waals surface area contributed by atoms with Gasteiger partial charge in [-0.25, -0.2) is 0 Å². The predicted octanol–water partition coefficient (Wildman–Crippen LogP) is 2.47. The van der Waals surface area contributed by atoms with E-state index in [1.54, 1.807) is 0 Å². The Kier molecular flexibility index (Phi) is 4.80. The number of rotatable bonds is 4. The van der Waals surface area contributed by atoms with E-state index in [1.807, 2.05) is 18.2 Å². The lowest BCUT2D eigenvalue weighted by Gasteiger charge is -2.27. The molecular formula is C16H23NO3S. The van der Waals surface area contributed by atoms with Gasteiger partial charge in [-0.15, -0.1) is 0 Å². The minimum atomic E-state index is -1.07. The summed E-state index contributed by atoms with van der Waals surface area (Å²) in [7, 11) is -1.07. The second-order valence-electron chi connectivity index (χ2n) is 5.88. The standard InChI is InChI=1S/C16H23NO3S/c17-14(12-4-2-1-3-5-12)11-21(18)13-6-7-15-16(10-13)20-9-8-19-15/h6-7,10,12,14H,1-5,8-9,11,17H2. The van der Waals surface area contributed by atoms with E-state index in [4.69, 9.17) is 15.2 Å². The van der Waals surface area contributed by atoms with Crippen molar-refractivity contribution in [1.82, 2.24) is 0 Å². The van der Waals surface area contributed by atoms with Crippen LogP contribution >= 0.6 is 0 Å². The average Bonchev–Trinajstić information content (AvgIpc) is 2.55. The topological polar surface area (TPSA) is 61.6 Å². The second kappa shape index (κ2) is 6.79. The van der Waals surface area contributed by atoms with Gasteiger partial charge in [-0.3, -0.25) is 4.21 Å². The summed E-state index contributed by atoms with van der Waals surface area (Å²) in [6, 6.07) is 5.56. The number of hydrogen-bond donors (Lipinski definition) is 1. The molecule has 0 aromatic heterocycles. The summed E-state index contributed by atoms with van der Waals surface area (Å²) in [4.78, 5) is 0.783. The zero-order valence-corrected chi connectivity index (χ0v) is 13.1. The molecule has 0 radical (unpaired) electrons. The Morgan fingerprint density at radius 2 is 1.86 bits per heavy atom. The highest BCUT2D eigenvalue weighted by Gasteiger charge is 2.23. The van der Waals surface area contributed by atoms with Crippen molar-refractivity contribution in [1.29, 1.82) is 0 Å². The molecule has 0 saturated heterocycles. The molecule has 2 unspecified atom stereocenters. The van der Waals surface area contributed by atoms with Crippen molar-refractivity contribution in [3.63, 3.8) is 0 Å². The molecule has 2 aliphatic rings. The average molecular weight is 309 g/mol. The lowest BCUT2D eigenvalue weighted by atomic mass is 9.85. The van der Waals surface area contributed by atoms with Gasteiger partial charge in [0.25, 0.3) is 0 Å². The van der Waals surface area contributed by atoms with Crippen LogP contribution in [0.4, 0.5) is 0 Å². The first-order valence-corrected chi connectivity index (χ1v) is 9.09. The molecule has 1 aliphatic carbocycles. The Morgan fingerprint density at radius 3 is 2.62 bits per heavy atom. The molecule has 0 bridgehead atoms. The van der Waals surface area contributed by atoms with Crippen LogP contribution in [0.3, 0.4) is 0 Å². The van der Waals surface area contributed by atoms with Crippen molar-refractivity contribution < 1.29 is 13.7 Å². The zero-order chi connectivity index (χ0) is 14.7. The smallest absolute Gasteiger partial charge is 0.162 e. The van der Waals surface area contributed by atoms with Gasteiger partial charge in [0, 0.05) is 22.8 Å².